The molecule has 0 aliphatic heterocycles. The standard InChI is InChI=1S/C11H18ClN3O2/c1-5-8(11(16)17)14(3)6-9-10(12)7(2)13-15(9)4/h8H,5-6H2,1-4H3,(H,16,17). The van der Waals surface area contributed by atoms with E-state index < -0.39 is 12.0 Å². The molecule has 1 aromatic rings. The van der Waals surface area contributed by atoms with Crippen LogP contribution in [0.25, 0.3) is 0 Å². The molecule has 0 aromatic carbocycles. The molecule has 0 saturated carbocycles. The Kier molecular flexibility index (Phi) is 4.54. The van der Waals surface area contributed by atoms with Crippen molar-refractivity contribution in [1.29, 1.82) is 0 Å². The third kappa shape index (κ3) is 2.98. The van der Waals surface area contributed by atoms with Gasteiger partial charge in [0.05, 0.1) is 16.4 Å². The van der Waals surface area contributed by atoms with Crippen molar-refractivity contribution >= 4 is 17.6 Å². The number of nitrogens with zero attached hydrogens (tertiary/aromatic N) is 3. The fourth-order valence-corrected chi connectivity index (χ4v) is 2.09. The lowest BCUT2D eigenvalue weighted by atomic mass is 10.2. The molecule has 0 fully saturated rings. The number of carboxylic acids is 1. The molecule has 0 aliphatic rings. The van der Waals surface area contributed by atoms with Crippen LogP contribution >= 0.6 is 11.6 Å². The zero-order valence-electron chi connectivity index (χ0n) is 10.6. The van der Waals surface area contributed by atoms with Gasteiger partial charge in [0.1, 0.15) is 6.04 Å². The van der Waals surface area contributed by atoms with Gasteiger partial charge in [-0.2, -0.15) is 5.10 Å². The SMILES string of the molecule is CCC(C(=O)O)N(C)Cc1c(Cl)c(C)nn1C. The average Bonchev–Trinajstić information content (AvgIpc) is 2.45. The Labute approximate surface area is 106 Å². The lowest BCUT2D eigenvalue weighted by molar-refractivity contribution is -0.143. The summed E-state index contributed by atoms with van der Waals surface area (Å²) in [7, 11) is 3.59. The Balaban J connectivity index is 2.87. The van der Waals surface area contributed by atoms with E-state index in [0.717, 1.165) is 11.4 Å². The van der Waals surface area contributed by atoms with Crippen LogP contribution in [0.15, 0.2) is 0 Å². The van der Waals surface area contributed by atoms with Crippen LogP contribution < -0.4 is 0 Å². The van der Waals surface area contributed by atoms with Crippen LogP contribution in [0.5, 0.6) is 0 Å². The number of hydrogen-bond donors (Lipinski definition) is 1. The smallest absolute Gasteiger partial charge is 0.320 e. The van der Waals surface area contributed by atoms with Gasteiger partial charge in [0.25, 0.3) is 0 Å². The van der Waals surface area contributed by atoms with Gasteiger partial charge < -0.3 is 5.11 Å². The second-order valence-electron chi connectivity index (χ2n) is 4.15. The molecule has 0 saturated heterocycles. The average molecular weight is 260 g/mol. The lowest BCUT2D eigenvalue weighted by Crippen LogP contribution is -2.37. The number of carbonyl (C=O) groups is 1. The molecule has 0 amide bonds. The molecule has 0 aliphatic carbocycles. The Morgan fingerprint density at radius 1 is 1.65 bits per heavy atom. The topological polar surface area (TPSA) is 58.4 Å². The molecule has 1 rings (SSSR count). The van der Waals surface area contributed by atoms with Gasteiger partial charge in [0.2, 0.25) is 0 Å². The minimum Gasteiger partial charge on any atom is -0.480 e. The van der Waals surface area contributed by atoms with Crippen molar-refractivity contribution in [2.45, 2.75) is 32.9 Å². The van der Waals surface area contributed by atoms with Gasteiger partial charge in [-0.3, -0.25) is 14.4 Å². The molecule has 6 heteroatoms. The Morgan fingerprint density at radius 3 is 2.59 bits per heavy atom. The first-order valence-electron chi connectivity index (χ1n) is 5.49. The highest BCUT2D eigenvalue weighted by atomic mass is 35.5. The van der Waals surface area contributed by atoms with Crippen molar-refractivity contribution in [3.63, 3.8) is 0 Å². The maximum atomic E-state index is 11.0. The van der Waals surface area contributed by atoms with Crippen LogP contribution in [-0.2, 0) is 18.4 Å². The van der Waals surface area contributed by atoms with E-state index in [-0.39, 0.29) is 0 Å². The minimum absolute atomic E-state index is 0.473. The summed E-state index contributed by atoms with van der Waals surface area (Å²) in [5, 5.41) is 13.9. The maximum Gasteiger partial charge on any atom is 0.320 e. The number of rotatable bonds is 5. The normalized spacial score (nSPS) is 13.1. The summed E-state index contributed by atoms with van der Waals surface area (Å²) < 4.78 is 1.70. The zero-order valence-corrected chi connectivity index (χ0v) is 11.3. The summed E-state index contributed by atoms with van der Waals surface area (Å²) in [6.45, 7) is 4.16. The van der Waals surface area contributed by atoms with Gasteiger partial charge in [-0.25, -0.2) is 0 Å². The summed E-state index contributed by atoms with van der Waals surface area (Å²) in [6.07, 6.45) is 0.556. The predicted octanol–water partition coefficient (Wildman–Crippen LogP) is 1.68. The van der Waals surface area contributed by atoms with Crippen molar-refractivity contribution in [2.75, 3.05) is 7.05 Å². The number of aliphatic carboxylic acids is 1. The third-order valence-corrected chi connectivity index (χ3v) is 3.36. The first-order valence-corrected chi connectivity index (χ1v) is 5.87. The highest BCUT2D eigenvalue weighted by Gasteiger charge is 2.22. The molecule has 5 nitrogen and oxygen atoms in total. The second-order valence-corrected chi connectivity index (χ2v) is 4.53. The number of halogens is 1. The van der Waals surface area contributed by atoms with E-state index in [4.69, 9.17) is 16.7 Å². The van der Waals surface area contributed by atoms with Crippen molar-refractivity contribution in [2.24, 2.45) is 7.05 Å². The second kappa shape index (κ2) is 5.51. The molecule has 96 valence electrons. The molecule has 0 radical (unpaired) electrons. The first-order chi connectivity index (χ1) is 7.88. The molecule has 1 atom stereocenters. The monoisotopic (exact) mass is 259 g/mol. The zero-order chi connectivity index (χ0) is 13.2. The molecule has 1 unspecified atom stereocenters. The van der Waals surface area contributed by atoms with E-state index in [2.05, 4.69) is 5.10 Å². The highest BCUT2D eigenvalue weighted by Crippen LogP contribution is 2.21. The predicted molar refractivity (Wildman–Crippen MR) is 66.1 cm³/mol. The molecule has 1 heterocycles. The van der Waals surface area contributed by atoms with Crippen molar-refractivity contribution < 1.29 is 9.90 Å². The van der Waals surface area contributed by atoms with E-state index in [1.807, 2.05) is 20.9 Å². The lowest BCUT2D eigenvalue weighted by Gasteiger charge is -2.23. The van der Waals surface area contributed by atoms with E-state index in [0.29, 0.717) is 18.0 Å². The van der Waals surface area contributed by atoms with Gasteiger partial charge in [0, 0.05) is 13.6 Å². The number of aryl methyl sites for hydroxylation is 2. The summed E-state index contributed by atoms with van der Waals surface area (Å²) >= 11 is 6.13. The Hall–Kier alpha value is -1.07. The number of carboxylic acid groups (broad SMARTS) is 1. The van der Waals surface area contributed by atoms with E-state index in [9.17, 15) is 4.79 Å². The summed E-state index contributed by atoms with van der Waals surface area (Å²) in [5.41, 5.74) is 1.60. The minimum atomic E-state index is -0.815. The van der Waals surface area contributed by atoms with Crippen LogP contribution in [-0.4, -0.2) is 38.8 Å². The molecule has 1 aromatic heterocycles. The van der Waals surface area contributed by atoms with Crippen molar-refractivity contribution in [1.82, 2.24) is 14.7 Å². The summed E-state index contributed by atoms with van der Waals surface area (Å²) in [6, 6.07) is -0.499. The summed E-state index contributed by atoms with van der Waals surface area (Å²) in [4.78, 5) is 12.8. The van der Waals surface area contributed by atoms with Gasteiger partial charge in [-0.1, -0.05) is 18.5 Å². The highest BCUT2D eigenvalue weighted by molar-refractivity contribution is 6.31. The molecular weight excluding hydrogens is 242 g/mol. The fourth-order valence-electron chi connectivity index (χ4n) is 1.87. The first kappa shape index (κ1) is 14.0. The van der Waals surface area contributed by atoms with Gasteiger partial charge in [-0.15, -0.1) is 0 Å². The molecule has 0 spiro atoms. The van der Waals surface area contributed by atoms with Crippen LogP contribution in [0.4, 0.5) is 0 Å². The Morgan fingerprint density at radius 2 is 2.24 bits per heavy atom. The molecule has 17 heavy (non-hydrogen) atoms. The van der Waals surface area contributed by atoms with Crippen molar-refractivity contribution in [3.8, 4) is 0 Å². The van der Waals surface area contributed by atoms with E-state index in [1.54, 1.807) is 16.6 Å². The Bertz CT molecular complexity index is 417. The summed E-state index contributed by atoms with van der Waals surface area (Å²) in [5.74, 6) is -0.815. The quantitative estimate of drug-likeness (QED) is 0.874. The number of hydrogen-bond acceptors (Lipinski definition) is 3. The number of likely N-dealkylation sites (N-methyl/N-ethyl adjacent to an activating group) is 1. The molecule has 0 bridgehead atoms. The van der Waals surface area contributed by atoms with Gasteiger partial charge in [0.15, 0.2) is 0 Å². The maximum absolute atomic E-state index is 11.0. The van der Waals surface area contributed by atoms with Crippen molar-refractivity contribution in [3.05, 3.63) is 16.4 Å². The van der Waals surface area contributed by atoms with Crippen LogP contribution in [0.3, 0.4) is 0 Å². The van der Waals surface area contributed by atoms with Crippen LogP contribution in [0.2, 0.25) is 5.02 Å². The number of aromatic nitrogens is 2. The van der Waals surface area contributed by atoms with Crippen LogP contribution in [0, 0.1) is 6.92 Å². The van der Waals surface area contributed by atoms with Crippen LogP contribution in [0.1, 0.15) is 24.7 Å². The van der Waals surface area contributed by atoms with Gasteiger partial charge >= 0.3 is 5.97 Å². The van der Waals surface area contributed by atoms with E-state index >= 15 is 0 Å². The van der Waals surface area contributed by atoms with Gasteiger partial charge in [-0.05, 0) is 20.4 Å². The third-order valence-electron chi connectivity index (χ3n) is 2.86. The fraction of sp³-hybridized carbons (Fsp3) is 0.636. The van der Waals surface area contributed by atoms with E-state index in [1.165, 1.54) is 0 Å². The molecular formula is C11H18ClN3O2. The largest absolute Gasteiger partial charge is 0.480 e. The molecule has 1 N–H and O–H groups in total.